The molecule has 0 saturated carbocycles. The Morgan fingerprint density at radius 2 is 1.81 bits per heavy atom. The highest BCUT2D eigenvalue weighted by molar-refractivity contribution is 7.85. The van der Waals surface area contributed by atoms with Gasteiger partial charge in [-0.1, -0.05) is 30.3 Å². The van der Waals surface area contributed by atoms with Crippen molar-refractivity contribution in [2.45, 2.75) is 18.2 Å². The van der Waals surface area contributed by atoms with Crippen LogP contribution in [0.3, 0.4) is 0 Å². The van der Waals surface area contributed by atoms with E-state index in [1.54, 1.807) is 24.3 Å². The number of anilines is 2. The topological polar surface area (TPSA) is 72.2 Å². The molecule has 0 fully saturated rings. The summed E-state index contributed by atoms with van der Waals surface area (Å²) in [6.07, 6.45) is 0.190. The first kappa shape index (κ1) is 15.3. The molecule has 1 amide bonds. The molecule has 1 atom stereocenters. The molecule has 3 N–H and O–H groups in total. The standard InChI is InChI=1S/C16H18N2O2S/c1-12-6-2-5-9-15(12)21(20)11-10-16(19)18-14-8-4-3-7-13(14)17/h2-9H,10-11,17H2,1H3,(H,18,19). The third-order valence-corrected chi connectivity index (χ3v) is 4.61. The maximum absolute atomic E-state index is 12.2. The van der Waals surface area contributed by atoms with E-state index in [0.717, 1.165) is 10.5 Å². The van der Waals surface area contributed by atoms with Crippen LogP contribution in [0.4, 0.5) is 11.4 Å². The molecule has 4 nitrogen and oxygen atoms in total. The van der Waals surface area contributed by atoms with Crippen molar-refractivity contribution < 1.29 is 9.00 Å². The van der Waals surface area contributed by atoms with E-state index in [1.807, 2.05) is 31.2 Å². The second-order valence-electron chi connectivity index (χ2n) is 4.70. The van der Waals surface area contributed by atoms with E-state index in [2.05, 4.69) is 5.32 Å². The lowest BCUT2D eigenvalue weighted by Gasteiger charge is -2.08. The molecule has 2 rings (SSSR count). The van der Waals surface area contributed by atoms with Crippen molar-refractivity contribution in [2.24, 2.45) is 0 Å². The lowest BCUT2D eigenvalue weighted by atomic mass is 10.2. The summed E-state index contributed by atoms with van der Waals surface area (Å²) in [7, 11) is -1.17. The van der Waals surface area contributed by atoms with Crippen LogP contribution in [0.1, 0.15) is 12.0 Å². The van der Waals surface area contributed by atoms with E-state index in [9.17, 15) is 9.00 Å². The number of nitrogens with one attached hydrogen (secondary N) is 1. The Morgan fingerprint density at radius 3 is 2.52 bits per heavy atom. The zero-order valence-electron chi connectivity index (χ0n) is 11.8. The lowest BCUT2D eigenvalue weighted by molar-refractivity contribution is -0.115. The molecule has 0 aliphatic heterocycles. The molecule has 0 bridgehead atoms. The van der Waals surface area contributed by atoms with Gasteiger partial charge in [-0.3, -0.25) is 9.00 Å². The van der Waals surface area contributed by atoms with Gasteiger partial charge in [0.2, 0.25) is 5.91 Å². The molecule has 0 saturated heterocycles. The van der Waals surface area contributed by atoms with Crippen LogP contribution in [-0.4, -0.2) is 15.9 Å². The van der Waals surface area contributed by atoms with E-state index in [-0.39, 0.29) is 12.3 Å². The van der Waals surface area contributed by atoms with Gasteiger partial charge in [0.15, 0.2) is 0 Å². The van der Waals surface area contributed by atoms with Crippen molar-refractivity contribution in [3.63, 3.8) is 0 Å². The Labute approximate surface area is 126 Å². The van der Waals surface area contributed by atoms with Crippen LogP contribution in [0, 0.1) is 6.92 Å². The second kappa shape index (κ2) is 7.04. The number of hydrogen-bond donors (Lipinski definition) is 2. The molecule has 0 aromatic heterocycles. The summed E-state index contributed by atoms with van der Waals surface area (Å²) < 4.78 is 12.2. The van der Waals surface area contributed by atoms with E-state index in [4.69, 9.17) is 5.73 Å². The number of aryl methyl sites for hydroxylation is 1. The van der Waals surface area contributed by atoms with Crippen LogP contribution in [-0.2, 0) is 15.6 Å². The predicted molar refractivity (Wildman–Crippen MR) is 86.6 cm³/mol. The van der Waals surface area contributed by atoms with Gasteiger partial charge in [0, 0.05) is 17.1 Å². The number of carbonyl (C=O) groups is 1. The molecule has 1 unspecified atom stereocenters. The summed E-state index contributed by atoms with van der Waals surface area (Å²) in [5.74, 6) is 0.110. The molecule has 0 aliphatic carbocycles. The number of carbonyl (C=O) groups excluding carboxylic acids is 1. The van der Waals surface area contributed by atoms with Gasteiger partial charge in [-0.2, -0.15) is 0 Å². The maximum atomic E-state index is 12.2. The molecule has 0 heterocycles. The SMILES string of the molecule is Cc1ccccc1S(=O)CCC(=O)Nc1ccccc1N. The van der Waals surface area contributed by atoms with Crippen molar-refractivity contribution in [3.8, 4) is 0 Å². The van der Waals surface area contributed by atoms with Gasteiger partial charge in [0.05, 0.1) is 22.2 Å². The Morgan fingerprint density at radius 1 is 1.14 bits per heavy atom. The summed E-state index contributed by atoms with van der Waals surface area (Å²) in [6.45, 7) is 1.91. The number of nitrogen functional groups attached to an aromatic ring is 1. The quantitative estimate of drug-likeness (QED) is 0.834. The molecule has 0 radical (unpaired) electrons. The van der Waals surface area contributed by atoms with Gasteiger partial charge in [-0.25, -0.2) is 0 Å². The van der Waals surface area contributed by atoms with Crippen molar-refractivity contribution in [1.82, 2.24) is 0 Å². The van der Waals surface area contributed by atoms with Gasteiger partial charge >= 0.3 is 0 Å². The Kier molecular flexibility index (Phi) is 5.11. The first-order chi connectivity index (χ1) is 10.1. The van der Waals surface area contributed by atoms with E-state index in [0.29, 0.717) is 17.1 Å². The normalized spacial score (nSPS) is 11.9. The van der Waals surface area contributed by atoms with E-state index >= 15 is 0 Å². The van der Waals surface area contributed by atoms with Crippen LogP contribution in [0.2, 0.25) is 0 Å². The van der Waals surface area contributed by atoms with Gasteiger partial charge in [0.25, 0.3) is 0 Å². The number of hydrogen-bond acceptors (Lipinski definition) is 3. The highest BCUT2D eigenvalue weighted by atomic mass is 32.2. The Balaban J connectivity index is 1.91. The Hall–Kier alpha value is -2.14. The fraction of sp³-hybridized carbons (Fsp3) is 0.188. The third kappa shape index (κ3) is 4.16. The smallest absolute Gasteiger partial charge is 0.225 e. The fourth-order valence-corrected chi connectivity index (χ4v) is 3.18. The van der Waals surface area contributed by atoms with Crippen molar-refractivity contribution >= 4 is 28.1 Å². The monoisotopic (exact) mass is 302 g/mol. The minimum absolute atomic E-state index is 0.185. The number of nitrogens with two attached hydrogens (primary N) is 1. The minimum Gasteiger partial charge on any atom is -0.397 e. The highest BCUT2D eigenvalue weighted by Crippen LogP contribution is 2.17. The zero-order valence-corrected chi connectivity index (χ0v) is 12.7. The number of benzene rings is 2. The molecule has 110 valence electrons. The molecule has 0 spiro atoms. The van der Waals surface area contributed by atoms with Crippen LogP contribution in [0.25, 0.3) is 0 Å². The number of para-hydroxylation sites is 2. The van der Waals surface area contributed by atoms with Crippen LogP contribution in [0.5, 0.6) is 0 Å². The van der Waals surface area contributed by atoms with Crippen molar-refractivity contribution in [2.75, 3.05) is 16.8 Å². The third-order valence-electron chi connectivity index (χ3n) is 3.09. The molecule has 2 aromatic rings. The largest absolute Gasteiger partial charge is 0.397 e. The average Bonchev–Trinajstić information content (AvgIpc) is 2.48. The second-order valence-corrected chi connectivity index (χ2v) is 6.24. The van der Waals surface area contributed by atoms with E-state index in [1.165, 1.54) is 0 Å². The summed E-state index contributed by atoms with van der Waals surface area (Å²) in [6, 6.07) is 14.6. The first-order valence-corrected chi connectivity index (χ1v) is 7.98. The molecule has 21 heavy (non-hydrogen) atoms. The molecule has 5 heteroatoms. The van der Waals surface area contributed by atoms with Gasteiger partial charge in [-0.05, 0) is 30.7 Å². The van der Waals surface area contributed by atoms with Gasteiger partial charge in [0.1, 0.15) is 0 Å². The van der Waals surface area contributed by atoms with Crippen molar-refractivity contribution in [1.29, 1.82) is 0 Å². The molecule has 2 aromatic carbocycles. The maximum Gasteiger partial charge on any atom is 0.225 e. The minimum atomic E-state index is -1.17. The average molecular weight is 302 g/mol. The Bertz CT molecular complexity index is 671. The van der Waals surface area contributed by atoms with Crippen LogP contribution < -0.4 is 11.1 Å². The first-order valence-electron chi connectivity index (χ1n) is 6.66. The van der Waals surface area contributed by atoms with E-state index < -0.39 is 10.8 Å². The summed E-state index contributed by atoms with van der Waals surface area (Å²) in [4.78, 5) is 12.7. The molecular weight excluding hydrogens is 284 g/mol. The summed E-state index contributed by atoms with van der Waals surface area (Å²) in [5, 5.41) is 2.73. The number of rotatable bonds is 5. The van der Waals surface area contributed by atoms with Crippen LogP contribution >= 0.6 is 0 Å². The lowest BCUT2D eigenvalue weighted by Crippen LogP contribution is -2.16. The van der Waals surface area contributed by atoms with Gasteiger partial charge < -0.3 is 11.1 Å². The zero-order chi connectivity index (χ0) is 15.2. The summed E-state index contributed by atoms with van der Waals surface area (Å²) >= 11 is 0. The molecule has 0 aliphatic rings. The molecular formula is C16H18N2O2S. The van der Waals surface area contributed by atoms with Gasteiger partial charge in [-0.15, -0.1) is 0 Å². The predicted octanol–water partition coefficient (Wildman–Crippen LogP) is 2.71. The summed E-state index contributed by atoms with van der Waals surface area (Å²) in [5.41, 5.74) is 7.84. The van der Waals surface area contributed by atoms with Crippen molar-refractivity contribution in [3.05, 3.63) is 54.1 Å². The number of amides is 1. The highest BCUT2D eigenvalue weighted by Gasteiger charge is 2.10. The van der Waals surface area contributed by atoms with Crippen LogP contribution in [0.15, 0.2) is 53.4 Å². The fourth-order valence-electron chi connectivity index (χ4n) is 1.93.